The van der Waals surface area contributed by atoms with Crippen LogP contribution in [0.1, 0.15) is 17.4 Å². The molecular weight excluding hydrogens is 476 g/mol. The highest BCUT2D eigenvalue weighted by Crippen LogP contribution is 2.28. The number of amides is 1. The van der Waals surface area contributed by atoms with Gasteiger partial charge in [-0.2, -0.15) is 13.1 Å². The molecule has 1 atom stereocenters. The maximum Gasteiger partial charge on any atom is 0.247 e. The van der Waals surface area contributed by atoms with Gasteiger partial charge in [0.1, 0.15) is 27.7 Å². The lowest BCUT2D eigenvalue weighted by Crippen LogP contribution is -2.51. The number of piperazine rings is 1. The number of rotatable bonds is 6. The molecule has 0 aliphatic carbocycles. The van der Waals surface area contributed by atoms with Gasteiger partial charge < -0.3 is 9.84 Å². The first-order chi connectivity index (χ1) is 16.4. The fraction of sp³-hybridized carbons (Fsp3) is 0.273. The standard InChI is InChI=1S/C22H22N6O4S2/c1-15-14-19(24-32-15)23-22(29)21(16-6-3-2-4-7-16)27-10-12-28(13-11-27)34(30,31)18-9-5-8-17-20(18)26-33-25-17/h2-9,14,21H,10-13H2,1H3,(H,23,24,29). The molecule has 1 aliphatic heterocycles. The van der Waals surface area contributed by atoms with Gasteiger partial charge in [-0.1, -0.05) is 41.6 Å². The summed E-state index contributed by atoms with van der Waals surface area (Å²) in [5.74, 6) is 0.680. The van der Waals surface area contributed by atoms with Gasteiger partial charge >= 0.3 is 0 Å². The maximum absolute atomic E-state index is 13.4. The summed E-state index contributed by atoms with van der Waals surface area (Å²) >= 11 is 0.990. The van der Waals surface area contributed by atoms with Crippen LogP contribution in [0, 0.1) is 6.92 Å². The van der Waals surface area contributed by atoms with Crippen molar-refractivity contribution < 1.29 is 17.7 Å². The summed E-state index contributed by atoms with van der Waals surface area (Å²) in [5, 5.41) is 6.66. The average molecular weight is 499 g/mol. The van der Waals surface area contributed by atoms with Gasteiger partial charge in [0.05, 0.1) is 11.7 Å². The molecule has 1 fully saturated rings. The average Bonchev–Trinajstić information content (AvgIpc) is 3.48. The number of aromatic nitrogens is 3. The van der Waals surface area contributed by atoms with Crippen LogP contribution in [0.25, 0.3) is 11.0 Å². The molecule has 1 amide bonds. The second-order valence-electron chi connectivity index (χ2n) is 7.95. The van der Waals surface area contributed by atoms with Crippen molar-refractivity contribution in [2.75, 3.05) is 31.5 Å². The van der Waals surface area contributed by atoms with E-state index in [0.717, 1.165) is 17.3 Å². The van der Waals surface area contributed by atoms with Crippen molar-refractivity contribution in [1.29, 1.82) is 0 Å². The van der Waals surface area contributed by atoms with E-state index in [0.29, 0.717) is 35.7 Å². The van der Waals surface area contributed by atoms with Crippen molar-refractivity contribution in [1.82, 2.24) is 23.1 Å². The van der Waals surface area contributed by atoms with Gasteiger partial charge in [-0.15, -0.1) is 0 Å². The normalized spacial score (nSPS) is 16.5. The number of anilines is 1. The van der Waals surface area contributed by atoms with Crippen molar-refractivity contribution in [3.8, 4) is 0 Å². The third-order valence-electron chi connectivity index (χ3n) is 5.75. The summed E-state index contributed by atoms with van der Waals surface area (Å²) in [5.41, 5.74) is 1.77. The van der Waals surface area contributed by atoms with Gasteiger partial charge in [0.2, 0.25) is 15.9 Å². The second-order valence-corrected chi connectivity index (χ2v) is 10.4. The van der Waals surface area contributed by atoms with Gasteiger partial charge in [0.15, 0.2) is 5.82 Å². The first-order valence-corrected chi connectivity index (χ1v) is 12.8. The Kier molecular flexibility index (Phi) is 6.13. The molecule has 1 unspecified atom stereocenters. The summed E-state index contributed by atoms with van der Waals surface area (Å²) in [6, 6.07) is 15.4. The first kappa shape index (κ1) is 22.6. The van der Waals surface area contributed by atoms with Crippen molar-refractivity contribution in [3.05, 3.63) is 65.9 Å². The Morgan fingerprint density at radius 1 is 1.06 bits per heavy atom. The van der Waals surface area contributed by atoms with E-state index in [2.05, 4.69) is 19.2 Å². The van der Waals surface area contributed by atoms with E-state index in [1.807, 2.05) is 35.2 Å². The maximum atomic E-state index is 13.4. The highest BCUT2D eigenvalue weighted by atomic mass is 32.2. The van der Waals surface area contributed by atoms with E-state index in [1.165, 1.54) is 4.31 Å². The predicted octanol–water partition coefficient (Wildman–Crippen LogP) is 2.67. The van der Waals surface area contributed by atoms with Gasteiger partial charge in [-0.25, -0.2) is 8.42 Å². The summed E-state index contributed by atoms with van der Waals surface area (Å²) in [4.78, 5) is 15.4. The lowest BCUT2D eigenvalue weighted by Gasteiger charge is -2.38. The van der Waals surface area contributed by atoms with Crippen LogP contribution in [-0.4, -0.2) is 63.6 Å². The Morgan fingerprint density at radius 3 is 2.53 bits per heavy atom. The van der Waals surface area contributed by atoms with Gasteiger partial charge in [0.25, 0.3) is 0 Å². The highest BCUT2D eigenvalue weighted by molar-refractivity contribution is 7.89. The van der Waals surface area contributed by atoms with Crippen LogP contribution in [-0.2, 0) is 14.8 Å². The van der Waals surface area contributed by atoms with E-state index in [1.54, 1.807) is 31.2 Å². The molecule has 3 heterocycles. The fourth-order valence-corrected chi connectivity index (χ4v) is 6.29. The third kappa shape index (κ3) is 4.32. The zero-order valence-corrected chi connectivity index (χ0v) is 19.9. The van der Waals surface area contributed by atoms with Gasteiger partial charge in [-0.3, -0.25) is 9.69 Å². The molecule has 1 N–H and O–H groups in total. The quantitative estimate of drug-likeness (QED) is 0.431. The van der Waals surface area contributed by atoms with Crippen LogP contribution < -0.4 is 5.32 Å². The van der Waals surface area contributed by atoms with Crippen LogP contribution in [0.2, 0.25) is 0 Å². The Balaban J connectivity index is 1.36. The Morgan fingerprint density at radius 2 is 1.82 bits per heavy atom. The van der Waals surface area contributed by atoms with E-state index < -0.39 is 16.1 Å². The van der Waals surface area contributed by atoms with Crippen molar-refractivity contribution in [2.24, 2.45) is 0 Å². The molecular formula is C22H22N6O4S2. The van der Waals surface area contributed by atoms with Crippen LogP contribution >= 0.6 is 11.7 Å². The van der Waals surface area contributed by atoms with Crippen molar-refractivity contribution in [2.45, 2.75) is 17.9 Å². The minimum atomic E-state index is -3.75. The fourth-order valence-electron chi connectivity index (χ4n) is 4.11. The number of hydrogen-bond donors (Lipinski definition) is 1. The molecule has 5 rings (SSSR count). The summed E-state index contributed by atoms with van der Waals surface area (Å²) in [6.45, 7) is 3.01. The lowest BCUT2D eigenvalue weighted by atomic mass is 10.0. The number of carbonyl (C=O) groups excluding carboxylic acids is 1. The van der Waals surface area contributed by atoms with Crippen LogP contribution in [0.5, 0.6) is 0 Å². The molecule has 0 radical (unpaired) electrons. The monoisotopic (exact) mass is 498 g/mol. The number of aryl methyl sites for hydroxylation is 1. The SMILES string of the molecule is Cc1cc(NC(=O)C(c2ccccc2)N2CCN(S(=O)(=O)c3cccc4nsnc34)CC2)no1. The summed E-state index contributed by atoms with van der Waals surface area (Å²) < 4.78 is 41.6. The number of carbonyl (C=O) groups is 1. The molecule has 1 aliphatic rings. The molecule has 176 valence electrons. The van der Waals surface area contributed by atoms with E-state index >= 15 is 0 Å². The molecule has 10 nitrogen and oxygen atoms in total. The Bertz CT molecular complexity index is 1410. The number of nitrogens with one attached hydrogen (secondary N) is 1. The molecule has 4 aromatic rings. The molecule has 12 heteroatoms. The number of nitrogens with zero attached hydrogens (tertiary/aromatic N) is 5. The highest BCUT2D eigenvalue weighted by Gasteiger charge is 2.35. The van der Waals surface area contributed by atoms with Crippen LogP contribution in [0.4, 0.5) is 5.82 Å². The van der Waals surface area contributed by atoms with Crippen molar-refractivity contribution >= 4 is 44.5 Å². The van der Waals surface area contributed by atoms with E-state index in [9.17, 15) is 13.2 Å². The van der Waals surface area contributed by atoms with Crippen molar-refractivity contribution in [3.63, 3.8) is 0 Å². The third-order valence-corrected chi connectivity index (χ3v) is 8.22. The Labute approximate surface area is 200 Å². The Hall–Kier alpha value is -3.19. The minimum absolute atomic E-state index is 0.158. The molecule has 0 spiro atoms. The summed E-state index contributed by atoms with van der Waals surface area (Å²) in [7, 11) is -3.75. The van der Waals surface area contributed by atoms with Gasteiger partial charge in [0, 0.05) is 32.2 Å². The second kappa shape index (κ2) is 9.22. The van der Waals surface area contributed by atoms with E-state index in [-0.39, 0.29) is 23.9 Å². The molecule has 1 saturated heterocycles. The topological polar surface area (TPSA) is 122 Å². The molecule has 34 heavy (non-hydrogen) atoms. The smallest absolute Gasteiger partial charge is 0.247 e. The van der Waals surface area contributed by atoms with Crippen LogP contribution in [0.15, 0.2) is 64.0 Å². The van der Waals surface area contributed by atoms with Gasteiger partial charge in [-0.05, 0) is 24.6 Å². The number of sulfonamides is 1. The number of hydrogen-bond acceptors (Lipinski definition) is 9. The largest absolute Gasteiger partial charge is 0.360 e. The minimum Gasteiger partial charge on any atom is -0.360 e. The summed E-state index contributed by atoms with van der Waals surface area (Å²) in [6.07, 6.45) is 0. The molecule has 2 aromatic carbocycles. The lowest BCUT2D eigenvalue weighted by molar-refractivity contribution is -0.122. The van der Waals surface area contributed by atoms with Crippen LogP contribution in [0.3, 0.4) is 0 Å². The first-order valence-electron chi connectivity index (χ1n) is 10.7. The zero-order chi connectivity index (χ0) is 23.7. The number of fused-ring (bicyclic) bond motifs is 1. The number of benzene rings is 2. The predicted molar refractivity (Wildman–Crippen MR) is 127 cm³/mol. The molecule has 2 aromatic heterocycles. The molecule has 0 saturated carbocycles. The van der Waals surface area contributed by atoms with E-state index in [4.69, 9.17) is 4.52 Å². The zero-order valence-electron chi connectivity index (χ0n) is 18.3. The molecule has 0 bridgehead atoms.